The van der Waals surface area contributed by atoms with E-state index in [9.17, 15) is 23.3 Å². The summed E-state index contributed by atoms with van der Waals surface area (Å²) in [5.74, 6) is 0.313. The SMILES string of the molecule is Cc1c(Br)c(C(F)(F)F)nn1C(C)c1nnc(CCn2cc([N+](=O)[O-])cn2)o1. The number of nitro groups is 1. The van der Waals surface area contributed by atoms with E-state index in [1.165, 1.54) is 17.8 Å². The van der Waals surface area contributed by atoms with Gasteiger partial charge in [-0.3, -0.25) is 19.5 Å². The number of nitrogens with zero attached hydrogens (tertiary/aromatic N) is 7. The number of aromatic nitrogens is 6. The van der Waals surface area contributed by atoms with E-state index in [-0.39, 0.29) is 40.6 Å². The van der Waals surface area contributed by atoms with Crippen LogP contribution < -0.4 is 0 Å². The second-order valence-electron chi connectivity index (χ2n) is 5.87. The van der Waals surface area contributed by atoms with E-state index in [0.717, 1.165) is 10.9 Å². The van der Waals surface area contributed by atoms with Crippen LogP contribution in [0.3, 0.4) is 0 Å². The van der Waals surface area contributed by atoms with Crippen LogP contribution in [-0.4, -0.2) is 34.7 Å². The van der Waals surface area contributed by atoms with Crippen LogP contribution in [0.15, 0.2) is 21.3 Å². The minimum Gasteiger partial charge on any atom is -0.423 e. The highest BCUT2D eigenvalue weighted by Gasteiger charge is 2.38. The minimum atomic E-state index is -4.60. The van der Waals surface area contributed by atoms with E-state index in [1.54, 1.807) is 6.92 Å². The van der Waals surface area contributed by atoms with Crippen molar-refractivity contribution in [2.75, 3.05) is 0 Å². The largest absolute Gasteiger partial charge is 0.436 e. The zero-order valence-electron chi connectivity index (χ0n) is 14.5. The van der Waals surface area contributed by atoms with E-state index in [2.05, 4.69) is 36.3 Å². The summed E-state index contributed by atoms with van der Waals surface area (Å²) >= 11 is 2.92. The zero-order chi connectivity index (χ0) is 20.6. The first-order valence-electron chi connectivity index (χ1n) is 7.89. The van der Waals surface area contributed by atoms with Crippen molar-refractivity contribution < 1.29 is 22.5 Å². The van der Waals surface area contributed by atoms with Gasteiger partial charge in [0.1, 0.15) is 18.4 Å². The maximum Gasteiger partial charge on any atom is 0.436 e. The molecule has 0 fully saturated rings. The van der Waals surface area contributed by atoms with Crippen LogP contribution in [0.5, 0.6) is 0 Å². The summed E-state index contributed by atoms with van der Waals surface area (Å²) in [5.41, 5.74) is -0.902. The average molecular weight is 464 g/mol. The van der Waals surface area contributed by atoms with Gasteiger partial charge >= 0.3 is 11.9 Å². The van der Waals surface area contributed by atoms with Gasteiger partial charge in [-0.25, -0.2) is 0 Å². The highest BCUT2D eigenvalue weighted by Crippen LogP contribution is 2.37. The lowest BCUT2D eigenvalue weighted by Gasteiger charge is -2.09. The molecule has 0 aliphatic rings. The van der Waals surface area contributed by atoms with Crippen molar-refractivity contribution in [3.05, 3.63) is 50.2 Å². The maximum absolute atomic E-state index is 13.0. The molecular formula is C14H13BrF3N7O3. The quantitative estimate of drug-likeness (QED) is 0.406. The summed E-state index contributed by atoms with van der Waals surface area (Å²) < 4.78 is 46.9. The fourth-order valence-corrected chi connectivity index (χ4v) is 2.96. The van der Waals surface area contributed by atoms with Crippen LogP contribution in [0.25, 0.3) is 0 Å². The molecule has 0 saturated carbocycles. The average Bonchev–Trinajstić information content (AvgIpc) is 3.32. The molecule has 3 heterocycles. The Bertz CT molecular complexity index is 1010. The van der Waals surface area contributed by atoms with Crippen molar-refractivity contribution >= 4 is 21.6 Å². The Hall–Kier alpha value is -2.77. The van der Waals surface area contributed by atoms with Crippen molar-refractivity contribution in [2.45, 2.75) is 39.0 Å². The second kappa shape index (κ2) is 7.33. The third-order valence-corrected chi connectivity index (χ3v) is 4.89. The third kappa shape index (κ3) is 3.90. The molecule has 14 heteroatoms. The first-order chi connectivity index (χ1) is 13.1. The summed E-state index contributed by atoms with van der Waals surface area (Å²) in [6, 6.07) is -0.723. The normalized spacial score (nSPS) is 13.1. The van der Waals surface area contributed by atoms with Gasteiger partial charge in [0.2, 0.25) is 11.8 Å². The van der Waals surface area contributed by atoms with Crippen molar-refractivity contribution in [3.63, 3.8) is 0 Å². The summed E-state index contributed by atoms with van der Waals surface area (Å²) in [6.07, 6.45) is -1.96. The van der Waals surface area contributed by atoms with E-state index in [1.807, 2.05) is 0 Å². The smallest absolute Gasteiger partial charge is 0.423 e. The van der Waals surface area contributed by atoms with Gasteiger partial charge in [0.25, 0.3) is 0 Å². The van der Waals surface area contributed by atoms with Crippen molar-refractivity contribution in [3.8, 4) is 0 Å². The van der Waals surface area contributed by atoms with Crippen LogP contribution in [-0.2, 0) is 19.1 Å². The van der Waals surface area contributed by atoms with Gasteiger partial charge in [-0.05, 0) is 29.8 Å². The van der Waals surface area contributed by atoms with Crippen LogP contribution in [0.1, 0.15) is 36.1 Å². The predicted octanol–water partition coefficient (Wildman–Crippen LogP) is 3.31. The van der Waals surface area contributed by atoms with Gasteiger partial charge in [0, 0.05) is 13.0 Å². The molecule has 28 heavy (non-hydrogen) atoms. The van der Waals surface area contributed by atoms with E-state index >= 15 is 0 Å². The number of aryl methyl sites for hydroxylation is 2. The zero-order valence-corrected chi connectivity index (χ0v) is 16.1. The number of rotatable bonds is 6. The number of halogens is 4. The predicted molar refractivity (Wildman–Crippen MR) is 90.4 cm³/mol. The Labute approximate surface area is 163 Å². The van der Waals surface area contributed by atoms with Gasteiger partial charge in [0.05, 0.1) is 15.1 Å². The maximum atomic E-state index is 13.0. The molecule has 0 bridgehead atoms. The number of hydrogen-bond donors (Lipinski definition) is 0. The first kappa shape index (κ1) is 20.0. The third-order valence-electron chi connectivity index (χ3n) is 3.94. The van der Waals surface area contributed by atoms with Gasteiger partial charge < -0.3 is 4.42 Å². The molecular weight excluding hydrogens is 451 g/mol. The van der Waals surface area contributed by atoms with Crippen molar-refractivity contribution in [1.82, 2.24) is 29.8 Å². The van der Waals surface area contributed by atoms with Gasteiger partial charge in [-0.15, -0.1) is 10.2 Å². The second-order valence-corrected chi connectivity index (χ2v) is 6.66. The molecule has 1 atom stereocenters. The van der Waals surface area contributed by atoms with Crippen molar-refractivity contribution in [1.29, 1.82) is 0 Å². The molecule has 3 aromatic heterocycles. The molecule has 0 aliphatic heterocycles. The summed E-state index contributed by atoms with van der Waals surface area (Å²) in [6.45, 7) is 3.33. The van der Waals surface area contributed by atoms with Crippen LogP contribution in [0.4, 0.5) is 18.9 Å². The van der Waals surface area contributed by atoms with E-state index < -0.39 is 22.8 Å². The van der Waals surface area contributed by atoms with Crippen LogP contribution in [0, 0.1) is 17.0 Å². The molecule has 150 valence electrons. The Kier molecular flexibility index (Phi) is 5.23. The fourth-order valence-electron chi connectivity index (χ4n) is 2.48. The first-order valence-corrected chi connectivity index (χ1v) is 8.68. The highest BCUT2D eigenvalue weighted by atomic mass is 79.9. The molecule has 0 amide bonds. The van der Waals surface area contributed by atoms with Crippen molar-refractivity contribution in [2.24, 2.45) is 0 Å². The Balaban J connectivity index is 1.73. The molecule has 0 aliphatic carbocycles. The van der Waals surface area contributed by atoms with Gasteiger partial charge in [0.15, 0.2) is 5.69 Å². The molecule has 0 saturated heterocycles. The summed E-state index contributed by atoms with van der Waals surface area (Å²) in [5, 5.41) is 25.8. The highest BCUT2D eigenvalue weighted by molar-refractivity contribution is 9.10. The molecule has 1 unspecified atom stereocenters. The monoisotopic (exact) mass is 463 g/mol. The Morgan fingerprint density at radius 2 is 2.11 bits per heavy atom. The standard InChI is InChI=1S/C14H13BrF3N7O3/c1-7-11(15)12(14(16,17)18)22-24(7)8(2)13-21-20-10(28-13)3-4-23-6-9(5-19-23)25(26)27/h5-6,8H,3-4H2,1-2H3. The topological polar surface area (TPSA) is 118 Å². The molecule has 0 spiro atoms. The van der Waals surface area contributed by atoms with Crippen LogP contribution in [0.2, 0.25) is 0 Å². The molecule has 0 N–H and O–H groups in total. The molecule has 10 nitrogen and oxygen atoms in total. The lowest BCUT2D eigenvalue weighted by Crippen LogP contribution is -2.13. The molecule has 3 rings (SSSR count). The molecule has 3 aromatic rings. The van der Waals surface area contributed by atoms with E-state index in [0.29, 0.717) is 0 Å². The molecule has 0 aromatic carbocycles. The lowest BCUT2D eigenvalue weighted by molar-refractivity contribution is -0.385. The Morgan fingerprint density at radius 1 is 1.39 bits per heavy atom. The molecule has 0 radical (unpaired) electrons. The summed E-state index contributed by atoms with van der Waals surface area (Å²) in [7, 11) is 0. The lowest BCUT2D eigenvalue weighted by atomic mass is 10.3. The number of alkyl halides is 3. The van der Waals surface area contributed by atoms with Crippen LogP contribution >= 0.6 is 15.9 Å². The number of hydrogen-bond acceptors (Lipinski definition) is 7. The summed E-state index contributed by atoms with van der Waals surface area (Å²) in [4.78, 5) is 10.1. The van der Waals surface area contributed by atoms with Gasteiger partial charge in [-0.2, -0.15) is 23.4 Å². The van der Waals surface area contributed by atoms with Gasteiger partial charge in [-0.1, -0.05) is 0 Å². The Morgan fingerprint density at radius 3 is 2.68 bits per heavy atom. The van der Waals surface area contributed by atoms with E-state index in [4.69, 9.17) is 4.42 Å². The fraction of sp³-hybridized carbons (Fsp3) is 0.429. The minimum absolute atomic E-state index is 0.0910.